The van der Waals surface area contributed by atoms with Crippen LogP contribution in [-0.2, 0) is 0 Å². The molecule has 0 radical (unpaired) electrons. The van der Waals surface area contributed by atoms with Crippen molar-refractivity contribution < 1.29 is 14.6 Å². The molecule has 0 amide bonds. The number of halogens is 4. The fourth-order valence-corrected chi connectivity index (χ4v) is 4.17. The number of hydrogen-bond donors (Lipinski definition) is 2. The van der Waals surface area contributed by atoms with Gasteiger partial charge in [0.2, 0.25) is 5.89 Å². The van der Waals surface area contributed by atoms with Crippen LogP contribution in [-0.4, -0.2) is 21.4 Å². The Morgan fingerprint density at radius 3 is 2.62 bits per heavy atom. The van der Waals surface area contributed by atoms with Crippen LogP contribution in [0.25, 0.3) is 22.6 Å². The van der Waals surface area contributed by atoms with E-state index < -0.39 is 0 Å². The first-order valence-electron chi connectivity index (χ1n) is 8.14. The summed E-state index contributed by atoms with van der Waals surface area (Å²) in [6.45, 7) is 0. The van der Waals surface area contributed by atoms with Crippen LogP contribution >= 0.6 is 55.1 Å². The second-order valence-electron chi connectivity index (χ2n) is 5.99. The molecule has 1 heterocycles. The third kappa shape index (κ3) is 3.88. The van der Waals surface area contributed by atoms with E-state index in [2.05, 4.69) is 41.8 Å². The predicted octanol–water partition coefficient (Wildman–Crippen LogP) is 7.49. The summed E-state index contributed by atoms with van der Waals surface area (Å²) in [5.41, 5.74) is 2.81. The molecule has 0 bridgehead atoms. The van der Waals surface area contributed by atoms with Gasteiger partial charge in [0, 0.05) is 11.8 Å². The van der Waals surface area contributed by atoms with Gasteiger partial charge in [-0.15, -0.1) is 0 Å². The number of hydrogen-bond acceptors (Lipinski definition) is 5. The van der Waals surface area contributed by atoms with Gasteiger partial charge in [-0.25, -0.2) is 4.98 Å². The Bertz CT molecular complexity index is 1290. The Kier molecular flexibility index (Phi) is 5.57. The third-order valence-electron chi connectivity index (χ3n) is 4.10. The van der Waals surface area contributed by atoms with Crippen molar-refractivity contribution in [1.29, 1.82) is 0 Å². The van der Waals surface area contributed by atoms with Crippen LogP contribution in [0.3, 0.4) is 0 Å². The molecule has 0 aliphatic rings. The molecule has 4 rings (SSSR count). The number of aliphatic imine (C=N–C) groups is 1. The van der Waals surface area contributed by atoms with Crippen molar-refractivity contribution >= 4 is 78.1 Å². The van der Waals surface area contributed by atoms with Crippen LogP contribution < -0.4 is 0 Å². The SMILES string of the molecule is Oc1c(Br)cc(C=Nc2ccc3oc(-c4cccc(Cl)c4Cl)nc3c2)c(O)c1Br. The minimum absolute atomic E-state index is 0.0872. The molecule has 2 N–H and O–H groups in total. The highest BCUT2D eigenvalue weighted by molar-refractivity contribution is 9.11. The summed E-state index contributed by atoms with van der Waals surface area (Å²) in [5, 5.41) is 20.8. The number of phenols is 2. The molecule has 0 aliphatic carbocycles. The molecule has 4 aromatic rings. The van der Waals surface area contributed by atoms with Gasteiger partial charge in [0.05, 0.1) is 25.8 Å². The third-order valence-corrected chi connectivity index (χ3v) is 6.28. The van der Waals surface area contributed by atoms with Gasteiger partial charge in [-0.05, 0) is 68.3 Å². The number of aromatic hydroxyl groups is 2. The average Bonchev–Trinajstić information content (AvgIpc) is 3.13. The zero-order valence-electron chi connectivity index (χ0n) is 14.3. The van der Waals surface area contributed by atoms with E-state index in [1.165, 1.54) is 6.21 Å². The van der Waals surface area contributed by atoms with Gasteiger partial charge in [-0.3, -0.25) is 4.99 Å². The summed E-state index contributed by atoms with van der Waals surface area (Å²) in [6.07, 6.45) is 1.49. The average molecular weight is 557 g/mol. The van der Waals surface area contributed by atoms with E-state index in [0.717, 1.165) is 0 Å². The van der Waals surface area contributed by atoms with Gasteiger partial charge < -0.3 is 14.6 Å². The highest BCUT2D eigenvalue weighted by Crippen LogP contribution is 2.41. The Hall–Kier alpha value is -2.06. The van der Waals surface area contributed by atoms with Crippen LogP contribution in [0.15, 0.2) is 60.8 Å². The number of fused-ring (bicyclic) bond motifs is 1. The number of oxazole rings is 1. The lowest BCUT2D eigenvalue weighted by Crippen LogP contribution is -1.85. The highest BCUT2D eigenvalue weighted by atomic mass is 79.9. The first kappa shape index (κ1) is 20.2. The van der Waals surface area contributed by atoms with Crippen LogP contribution in [0.5, 0.6) is 11.5 Å². The van der Waals surface area contributed by atoms with Crippen molar-refractivity contribution in [2.75, 3.05) is 0 Å². The second-order valence-corrected chi connectivity index (χ2v) is 8.42. The summed E-state index contributed by atoms with van der Waals surface area (Å²) < 4.78 is 6.40. The Labute approximate surface area is 191 Å². The van der Waals surface area contributed by atoms with E-state index in [-0.39, 0.29) is 16.0 Å². The van der Waals surface area contributed by atoms with Crippen molar-refractivity contribution in [3.8, 4) is 23.0 Å². The van der Waals surface area contributed by atoms with Gasteiger partial charge in [0.1, 0.15) is 21.5 Å². The fourth-order valence-electron chi connectivity index (χ4n) is 2.64. The molecular formula is C20H10Br2Cl2N2O3. The quantitative estimate of drug-likeness (QED) is 0.256. The molecule has 0 fully saturated rings. The van der Waals surface area contributed by atoms with Crippen LogP contribution in [0.2, 0.25) is 10.0 Å². The van der Waals surface area contributed by atoms with Crippen molar-refractivity contribution in [1.82, 2.24) is 4.98 Å². The van der Waals surface area contributed by atoms with Crippen LogP contribution in [0.1, 0.15) is 5.56 Å². The van der Waals surface area contributed by atoms with E-state index in [1.54, 1.807) is 42.5 Å². The lowest BCUT2D eigenvalue weighted by atomic mass is 10.2. The zero-order valence-corrected chi connectivity index (χ0v) is 19.0. The minimum Gasteiger partial charge on any atom is -0.506 e. The minimum atomic E-state index is -0.116. The largest absolute Gasteiger partial charge is 0.506 e. The first-order chi connectivity index (χ1) is 13.8. The van der Waals surface area contributed by atoms with Gasteiger partial charge >= 0.3 is 0 Å². The molecule has 0 spiro atoms. The molecule has 146 valence electrons. The van der Waals surface area contributed by atoms with Gasteiger partial charge in [-0.1, -0.05) is 29.3 Å². The zero-order chi connectivity index (χ0) is 20.7. The standard InChI is InChI=1S/C20H10Br2Cl2N2O3/c21-12-6-9(18(27)16(22)19(12)28)8-25-10-4-5-15-14(7-10)26-20(29-15)11-2-1-3-13(23)17(11)24/h1-8,27-28H. The molecule has 0 atom stereocenters. The molecule has 3 aromatic carbocycles. The Morgan fingerprint density at radius 2 is 1.83 bits per heavy atom. The molecule has 0 saturated carbocycles. The van der Waals surface area contributed by atoms with E-state index >= 15 is 0 Å². The molecular weight excluding hydrogens is 547 g/mol. The smallest absolute Gasteiger partial charge is 0.228 e. The molecule has 5 nitrogen and oxygen atoms in total. The van der Waals surface area contributed by atoms with E-state index in [4.69, 9.17) is 27.6 Å². The predicted molar refractivity (Wildman–Crippen MR) is 122 cm³/mol. The second kappa shape index (κ2) is 7.99. The summed E-state index contributed by atoms with van der Waals surface area (Å²) in [5.74, 6) is 0.156. The Morgan fingerprint density at radius 1 is 1.03 bits per heavy atom. The lowest BCUT2D eigenvalue weighted by Gasteiger charge is -2.06. The topological polar surface area (TPSA) is 78.9 Å². The van der Waals surface area contributed by atoms with Gasteiger partial charge in [0.15, 0.2) is 5.58 Å². The number of phenolic OH excluding ortho intramolecular Hbond substituents is 2. The fraction of sp³-hybridized carbons (Fsp3) is 0. The number of benzene rings is 3. The summed E-state index contributed by atoms with van der Waals surface area (Å²) in [6, 6.07) is 12.1. The highest BCUT2D eigenvalue weighted by Gasteiger charge is 2.15. The summed E-state index contributed by atoms with van der Waals surface area (Å²) >= 11 is 18.7. The maximum Gasteiger partial charge on any atom is 0.228 e. The van der Waals surface area contributed by atoms with E-state index in [1.807, 2.05) is 0 Å². The number of rotatable bonds is 3. The Balaban J connectivity index is 1.70. The summed E-state index contributed by atoms with van der Waals surface area (Å²) in [4.78, 5) is 8.85. The monoisotopic (exact) mass is 554 g/mol. The van der Waals surface area contributed by atoms with Gasteiger partial charge in [-0.2, -0.15) is 0 Å². The molecule has 9 heteroatoms. The van der Waals surface area contributed by atoms with Crippen molar-refractivity contribution in [3.63, 3.8) is 0 Å². The van der Waals surface area contributed by atoms with Crippen LogP contribution in [0.4, 0.5) is 5.69 Å². The molecule has 0 unspecified atom stereocenters. The van der Waals surface area contributed by atoms with Crippen molar-refractivity contribution in [2.24, 2.45) is 4.99 Å². The number of aromatic nitrogens is 1. The van der Waals surface area contributed by atoms with Gasteiger partial charge in [0.25, 0.3) is 0 Å². The molecule has 1 aromatic heterocycles. The molecule has 0 aliphatic heterocycles. The normalized spacial score (nSPS) is 11.6. The van der Waals surface area contributed by atoms with E-state index in [9.17, 15) is 10.2 Å². The van der Waals surface area contributed by atoms with E-state index in [0.29, 0.717) is 48.3 Å². The molecule has 29 heavy (non-hydrogen) atoms. The lowest BCUT2D eigenvalue weighted by molar-refractivity contribution is 0.442. The molecule has 0 saturated heterocycles. The first-order valence-corrected chi connectivity index (χ1v) is 10.5. The van der Waals surface area contributed by atoms with Crippen LogP contribution in [0, 0.1) is 0 Å². The number of nitrogens with zero attached hydrogens (tertiary/aromatic N) is 2. The summed E-state index contributed by atoms with van der Waals surface area (Å²) in [7, 11) is 0. The van der Waals surface area contributed by atoms with Crippen molar-refractivity contribution in [2.45, 2.75) is 0 Å². The van der Waals surface area contributed by atoms with Crippen molar-refractivity contribution in [3.05, 3.63) is 67.0 Å². The maximum atomic E-state index is 10.2. The maximum absolute atomic E-state index is 10.2.